The normalized spacial score (nSPS) is 23.0. The van der Waals surface area contributed by atoms with Crippen molar-refractivity contribution in [1.82, 2.24) is 0 Å². The molecule has 2 rings (SSSR count). The molecule has 0 N–H and O–H groups in total. The second-order valence-corrected chi connectivity index (χ2v) is 10.9. The minimum absolute atomic E-state index is 0.0621. The van der Waals surface area contributed by atoms with Crippen molar-refractivity contribution >= 4 is 0 Å². The van der Waals surface area contributed by atoms with E-state index in [1.54, 1.807) is 0 Å². The van der Waals surface area contributed by atoms with E-state index in [1.807, 2.05) is 0 Å². The van der Waals surface area contributed by atoms with Crippen molar-refractivity contribution in [2.24, 2.45) is 5.92 Å². The summed E-state index contributed by atoms with van der Waals surface area (Å²) in [5.74, 6) is 0.768. The van der Waals surface area contributed by atoms with Crippen LogP contribution in [-0.2, 0) is 18.9 Å². The third kappa shape index (κ3) is 16.5. The summed E-state index contributed by atoms with van der Waals surface area (Å²) in [6.07, 6.45) is 28.3. The topological polar surface area (TPSA) is 36.9 Å². The van der Waals surface area contributed by atoms with Crippen LogP contribution < -0.4 is 0 Å². The zero-order chi connectivity index (χ0) is 23.9. The Labute approximate surface area is 212 Å². The summed E-state index contributed by atoms with van der Waals surface area (Å²) < 4.78 is 23.3. The van der Waals surface area contributed by atoms with E-state index >= 15 is 0 Å². The molecule has 0 aromatic rings. The maximum absolute atomic E-state index is 5.99. The first-order valence-electron chi connectivity index (χ1n) is 15.3. The molecule has 0 aromatic carbocycles. The summed E-state index contributed by atoms with van der Waals surface area (Å²) >= 11 is 0. The zero-order valence-electron chi connectivity index (χ0n) is 22.7. The average Bonchev–Trinajstić information content (AvgIpc) is 3.32. The molecule has 0 bridgehead atoms. The van der Waals surface area contributed by atoms with Crippen molar-refractivity contribution in [3.05, 3.63) is 0 Å². The fraction of sp³-hybridized carbons (Fsp3) is 1.00. The van der Waals surface area contributed by atoms with Crippen LogP contribution in [0.4, 0.5) is 0 Å². The van der Waals surface area contributed by atoms with Gasteiger partial charge in [-0.05, 0) is 50.9 Å². The highest BCUT2D eigenvalue weighted by molar-refractivity contribution is 4.73. The van der Waals surface area contributed by atoms with Gasteiger partial charge in [-0.2, -0.15) is 0 Å². The fourth-order valence-corrected chi connectivity index (χ4v) is 5.30. The standard InChI is InChI=1S/C30H58O4/c1-2-3-4-5-6-7-8-9-10-11-12-15-20-28-25-29(34-26-28)27-31-22-17-13-14-18-23-32-30-21-16-19-24-33-30/h28-30H,2-27H2,1H3. The minimum Gasteiger partial charge on any atom is -0.379 e. The number of ether oxygens (including phenoxy) is 4. The van der Waals surface area contributed by atoms with E-state index in [4.69, 9.17) is 18.9 Å². The summed E-state index contributed by atoms with van der Waals surface area (Å²) in [7, 11) is 0. The van der Waals surface area contributed by atoms with Gasteiger partial charge in [0.25, 0.3) is 0 Å². The number of rotatable bonds is 23. The lowest BCUT2D eigenvalue weighted by atomic mass is 9.97. The number of unbranched alkanes of at least 4 members (excludes halogenated alkanes) is 14. The van der Waals surface area contributed by atoms with Crippen LogP contribution in [0, 0.1) is 5.92 Å². The molecule has 3 atom stereocenters. The van der Waals surface area contributed by atoms with Crippen LogP contribution in [0.2, 0.25) is 0 Å². The fourth-order valence-electron chi connectivity index (χ4n) is 5.30. The Morgan fingerprint density at radius 1 is 0.676 bits per heavy atom. The van der Waals surface area contributed by atoms with Crippen LogP contribution in [-0.4, -0.2) is 45.4 Å². The lowest BCUT2D eigenvalue weighted by Crippen LogP contribution is -2.22. The van der Waals surface area contributed by atoms with E-state index in [-0.39, 0.29) is 6.29 Å². The molecule has 0 aromatic heterocycles. The third-order valence-corrected chi connectivity index (χ3v) is 7.56. The predicted molar refractivity (Wildman–Crippen MR) is 142 cm³/mol. The number of hydrogen-bond donors (Lipinski definition) is 0. The smallest absolute Gasteiger partial charge is 0.157 e. The van der Waals surface area contributed by atoms with Gasteiger partial charge >= 0.3 is 0 Å². The summed E-state index contributed by atoms with van der Waals surface area (Å²) in [5, 5.41) is 0. The van der Waals surface area contributed by atoms with Gasteiger partial charge < -0.3 is 18.9 Å². The molecule has 0 saturated carbocycles. The van der Waals surface area contributed by atoms with Crippen molar-refractivity contribution in [2.75, 3.05) is 33.0 Å². The van der Waals surface area contributed by atoms with Crippen LogP contribution in [0.5, 0.6) is 0 Å². The van der Waals surface area contributed by atoms with Crippen molar-refractivity contribution in [3.8, 4) is 0 Å². The van der Waals surface area contributed by atoms with E-state index in [2.05, 4.69) is 6.92 Å². The zero-order valence-corrected chi connectivity index (χ0v) is 22.7. The number of hydrogen-bond acceptors (Lipinski definition) is 4. The Morgan fingerprint density at radius 2 is 1.32 bits per heavy atom. The van der Waals surface area contributed by atoms with Gasteiger partial charge in [0.1, 0.15) is 0 Å². The van der Waals surface area contributed by atoms with Crippen molar-refractivity contribution in [2.45, 2.75) is 154 Å². The summed E-state index contributed by atoms with van der Waals surface area (Å²) in [6, 6.07) is 0. The molecule has 2 fully saturated rings. The van der Waals surface area contributed by atoms with Gasteiger partial charge in [0.15, 0.2) is 6.29 Å². The van der Waals surface area contributed by atoms with Crippen LogP contribution >= 0.6 is 0 Å². The van der Waals surface area contributed by atoms with Gasteiger partial charge in [-0.3, -0.25) is 0 Å². The van der Waals surface area contributed by atoms with Gasteiger partial charge in [-0.25, -0.2) is 0 Å². The molecular formula is C30H58O4. The molecule has 0 spiro atoms. The molecule has 2 saturated heterocycles. The highest BCUT2D eigenvalue weighted by Gasteiger charge is 2.25. The van der Waals surface area contributed by atoms with Crippen molar-refractivity contribution in [3.63, 3.8) is 0 Å². The molecule has 2 aliphatic rings. The summed E-state index contributed by atoms with van der Waals surface area (Å²) in [5.41, 5.74) is 0. The quantitative estimate of drug-likeness (QED) is 0.137. The predicted octanol–water partition coefficient (Wildman–Crippen LogP) is 8.60. The molecule has 2 aliphatic heterocycles. The first-order chi connectivity index (χ1) is 16.9. The van der Waals surface area contributed by atoms with Crippen LogP contribution in [0.3, 0.4) is 0 Å². The second-order valence-electron chi connectivity index (χ2n) is 10.9. The summed E-state index contributed by atoms with van der Waals surface area (Å²) in [6.45, 7) is 6.61. The third-order valence-electron chi connectivity index (χ3n) is 7.56. The molecule has 4 heteroatoms. The molecule has 34 heavy (non-hydrogen) atoms. The Hall–Kier alpha value is -0.160. The van der Waals surface area contributed by atoms with E-state index in [9.17, 15) is 0 Å². The molecule has 2 heterocycles. The highest BCUT2D eigenvalue weighted by Crippen LogP contribution is 2.25. The largest absolute Gasteiger partial charge is 0.379 e. The Bertz CT molecular complexity index is 424. The summed E-state index contributed by atoms with van der Waals surface area (Å²) in [4.78, 5) is 0. The van der Waals surface area contributed by atoms with Crippen LogP contribution in [0.25, 0.3) is 0 Å². The highest BCUT2D eigenvalue weighted by atomic mass is 16.7. The van der Waals surface area contributed by atoms with E-state index in [0.717, 1.165) is 58.2 Å². The second kappa shape index (κ2) is 22.1. The average molecular weight is 483 g/mol. The van der Waals surface area contributed by atoms with Gasteiger partial charge in [-0.1, -0.05) is 96.8 Å². The van der Waals surface area contributed by atoms with Crippen molar-refractivity contribution in [1.29, 1.82) is 0 Å². The van der Waals surface area contributed by atoms with E-state index in [1.165, 1.54) is 116 Å². The Kier molecular flexibility index (Phi) is 19.5. The lowest BCUT2D eigenvalue weighted by Gasteiger charge is -2.22. The van der Waals surface area contributed by atoms with Gasteiger partial charge in [-0.15, -0.1) is 0 Å². The monoisotopic (exact) mass is 482 g/mol. The molecule has 0 aliphatic carbocycles. The van der Waals surface area contributed by atoms with Gasteiger partial charge in [0, 0.05) is 26.4 Å². The Morgan fingerprint density at radius 3 is 2.00 bits per heavy atom. The maximum Gasteiger partial charge on any atom is 0.157 e. The SMILES string of the molecule is CCCCCCCCCCCCCCC1COC(COCCCCCCOC2CCCCO2)C1. The van der Waals surface area contributed by atoms with Gasteiger partial charge in [0.2, 0.25) is 0 Å². The minimum atomic E-state index is 0.0621. The van der Waals surface area contributed by atoms with Crippen LogP contribution in [0.15, 0.2) is 0 Å². The maximum atomic E-state index is 5.99. The first-order valence-corrected chi connectivity index (χ1v) is 15.3. The van der Waals surface area contributed by atoms with Crippen LogP contribution in [0.1, 0.15) is 142 Å². The molecule has 0 amide bonds. The molecular weight excluding hydrogens is 424 g/mol. The Balaban J connectivity index is 1.26. The first kappa shape index (κ1) is 30.1. The van der Waals surface area contributed by atoms with Gasteiger partial charge in [0.05, 0.1) is 12.7 Å². The lowest BCUT2D eigenvalue weighted by molar-refractivity contribution is -0.162. The molecule has 4 nitrogen and oxygen atoms in total. The molecule has 3 unspecified atom stereocenters. The van der Waals surface area contributed by atoms with E-state index < -0.39 is 0 Å². The van der Waals surface area contributed by atoms with Crippen molar-refractivity contribution < 1.29 is 18.9 Å². The molecule has 202 valence electrons. The van der Waals surface area contributed by atoms with E-state index in [0.29, 0.717) is 6.10 Å². The molecule has 0 radical (unpaired) electrons.